The Balaban J connectivity index is 2.62. The van der Waals surface area contributed by atoms with Crippen LogP contribution in [0.5, 0.6) is 5.75 Å². The van der Waals surface area contributed by atoms with E-state index in [1.165, 1.54) is 5.56 Å². The highest BCUT2D eigenvalue weighted by molar-refractivity contribution is 5.81. The second-order valence-corrected chi connectivity index (χ2v) is 5.69. The van der Waals surface area contributed by atoms with Crippen LogP contribution in [0.4, 0.5) is 0 Å². The number of ether oxygens (including phenoxy) is 1. The minimum Gasteiger partial charge on any atom is -0.480 e. The van der Waals surface area contributed by atoms with Crippen LogP contribution in [0.2, 0.25) is 0 Å². The highest BCUT2D eigenvalue weighted by Gasteiger charge is 2.18. The number of carbonyl (C=O) groups excluding carboxylic acids is 1. The fraction of sp³-hybridized carbons (Fsp3) is 0.588. The first-order chi connectivity index (χ1) is 9.45. The molecule has 0 aliphatic carbocycles. The quantitative estimate of drug-likeness (QED) is 0.826. The predicted octanol–water partition coefficient (Wildman–Crippen LogP) is 3.62. The molecule has 0 saturated carbocycles. The summed E-state index contributed by atoms with van der Waals surface area (Å²) < 4.78 is 5.88. The summed E-state index contributed by atoms with van der Waals surface area (Å²) in [7, 11) is 0. The molecular weight excluding hydrogens is 250 g/mol. The Hall–Kier alpha value is -1.51. The largest absolute Gasteiger partial charge is 0.480 e. The van der Waals surface area contributed by atoms with E-state index in [1.807, 2.05) is 39.0 Å². The second kappa shape index (κ2) is 7.93. The molecule has 0 radical (unpaired) electrons. The summed E-state index contributed by atoms with van der Waals surface area (Å²) in [4.78, 5) is 12.1. The Morgan fingerprint density at radius 1 is 1.30 bits per heavy atom. The first-order valence-electron chi connectivity index (χ1n) is 7.46. The van der Waals surface area contributed by atoms with Crippen LogP contribution in [0, 0.1) is 19.8 Å². The highest BCUT2D eigenvalue weighted by Crippen LogP contribution is 2.22. The molecule has 1 rings (SSSR count). The van der Waals surface area contributed by atoms with Crippen molar-refractivity contribution in [2.45, 2.75) is 53.6 Å². The van der Waals surface area contributed by atoms with Gasteiger partial charge < -0.3 is 10.1 Å². The Morgan fingerprint density at radius 3 is 2.60 bits per heavy atom. The van der Waals surface area contributed by atoms with E-state index in [2.05, 4.69) is 19.2 Å². The SMILES string of the molecule is CC[C@H](Oc1cccc(C)c1C)C(=O)NCCC(C)C. The van der Waals surface area contributed by atoms with Crippen molar-refractivity contribution < 1.29 is 9.53 Å². The number of nitrogens with one attached hydrogen (secondary N) is 1. The number of aryl methyl sites for hydroxylation is 1. The zero-order valence-corrected chi connectivity index (χ0v) is 13.3. The molecule has 1 atom stereocenters. The number of rotatable bonds is 7. The lowest BCUT2D eigenvalue weighted by atomic mass is 10.1. The Bertz CT molecular complexity index is 441. The molecule has 0 bridgehead atoms. The number of amides is 1. The van der Waals surface area contributed by atoms with E-state index in [9.17, 15) is 4.79 Å². The average Bonchev–Trinajstić information content (AvgIpc) is 2.40. The molecule has 0 heterocycles. The number of benzene rings is 1. The second-order valence-electron chi connectivity index (χ2n) is 5.69. The van der Waals surface area contributed by atoms with E-state index >= 15 is 0 Å². The lowest BCUT2D eigenvalue weighted by Gasteiger charge is -2.19. The summed E-state index contributed by atoms with van der Waals surface area (Å²) in [5, 5.41) is 2.96. The third-order valence-electron chi connectivity index (χ3n) is 3.51. The predicted molar refractivity (Wildman–Crippen MR) is 83.1 cm³/mol. The minimum atomic E-state index is -0.414. The van der Waals surface area contributed by atoms with Gasteiger partial charge in [-0.25, -0.2) is 0 Å². The molecule has 0 unspecified atom stereocenters. The lowest BCUT2D eigenvalue weighted by molar-refractivity contribution is -0.128. The summed E-state index contributed by atoms with van der Waals surface area (Å²) in [5.41, 5.74) is 2.28. The van der Waals surface area contributed by atoms with Gasteiger partial charge in [0.25, 0.3) is 5.91 Å². The molecule has 0 aliphatic rings. The van der Waals surface area contributed by atoms with E-state index in [1.54, 1.807) is 0 Å². The molecule has 1 N–H and O–H groups in total. The maximum Gasteiger partial charge on any atom is 0.261 e. The van der Waals surface area contributed by atoms with Crippen molar-refractivity contribution in [1.82, 2.24) is 5.32 Å². The van der Waals surface area contributed by atoms with Crippen LogP contribution in [0.1, 0.15) is 44.7 Å². The molecule has 20 heavy (non-hydrogen) atoms. The van der Waals surface area contributed by atoms with Gasteiger partial charge >= 0.3 is 0 Å². The molecule has 0 aromatic heterocycles. The van der Waals surface area contributed by atoms with Crippen molar-refractivity contribution in [1.29, 1.82) is 0 Å². The topological polar surface area (TPSA) is 38.3 Å². The zero-order chi connectivity index (χ0) is 15.1. The molecule has 1 aromatic rings. The number of hydrogen-bond acceptors (Lipinski definition) is 2. The first kappa shape index (κ1) is 16.5. The van der Waals surface area contributed by atoms with E-state index in [0.29, 0.717) is 18.9 Å². The molecule has 0 aliphatic heterocycles. The third-order valence-corrected chi connectivity index (χ3v) is 3.51. The Morgan fingerprint density at radius 2 is 2.00 bits per heavy atom. The van der Waals surface area contributed by atoms with E-state index in [4.69, 9.17) is 4.74 Å². The van der Waals surface area contributed by atoms with Crippen molar-refractivity contribution in [3.63, 3.8) is 0 Å². The van der Waals surface area contributed by atoms with Crippen LogP contribution in [-0.4, -0.2) is 18.6 Å². The van der Waals surface area contributed by atoms with Crippen molar-refractivity contribution in [2.75, 3.05) is 6.54 Å². The fourth-order valence-electron chi connectivity index (χ4n) is 1.93. The van der Waals surface area contributed by atoms with Gasteiger partial charge in [0.05, 0.1) is 0 Å². The van der Waals surface area contributed by atoms with Crippen molar-refractivity contribution in [3.8, 4) is 5.75 Å². The summed E-state index contributed by atoms with van der Waals surface area (Å²) >= 11 is 0. The van der Waals surface area contributed by atoms with Gasteiger partial charge in [-0.05, 0) is 49.8 Å². The normalized spacial score (nSPS) is 12.3. The number of carbonyl (C=O) groups is 1. The van der Waals surface area contributed by atoms with Gasteiger partial charge in [-0.15, -0.1) is 0 Å². The summed E-state index contributed by atoms with van der Waals surface area (Å²) in [6, 6.07) is 5.93. The van der Waals surface area contributed by atoms with Gasteiger partial charge in [0.15, 0.2) is 6.10 Å². The van der Waals surface area contributed by atoms with Crippen LogP contribution in [-0.2, 0) is 4.79 Å². The molecule has 0 fully saturated rings. The smallest absolute Gasteiger partial charge is 0.261 e. The van der Waals surface area contributed by atoms with E-state index < -0.39 is 6.10 Å². The fourth-order valence-corrected chi connectivity index (χ4v) is 1.93. The van der Waals surface area contributed by atoms with Gasteiger partial charge in [-0.3, -0.25) is 4.79 Å². The van der Waals surface area contributed by atoms with Gasteiger partial charge in [0.2, 0.25) is 0 Å². The molecule has 3 heteroatoms. The van der Waals surface area contributed by atoms with Gasteiger partial charge in [0, 0.05) is 6.54 Å². The van der Waals surface area contributed by atoms with Gasteiger partial charge in [-0.1, -0.05) is 32.9 Å². The molecule has 1 amide bonds. The van der Waals surface area contributed by atoms with Crippen LogP contribution < -0.4 is 10.1 Å². The molecule has 112 valence electrons. The van der Waals surface area contributed by atoms with Crippen molar-refractivity contribution in [3.05, 3.63) is 29.3 Å². The highest BCUT2D eigenvalue weighted by atomic mass is 16.5. The zero-order valence-electron chi connectivity index (χ0n) is 13.3. The Kier molecular flexibility index (Phi) is 6.56. The molecule has 0 saturated heterocycles. The minimum absolute atomic E-state index is 0.0194. The third kappa shape index (κ3) is 4.87. The van der Waals surface area contributed by atoms with Crippen LogP contribution in [0.25, 0.3) is 0 Å². The monoisotopic (exact) mass is 277 g/mol. The number of hydrogen-bond donors (Lipinski definition) is 1. The molecule has 3 nitrogen and oxygen atoms in total. The summed E-state index contributed by atoms with van der Waals surface area (Å²) in [6.45, 7) is 11.0. The summed E-state index contributed by atoms with van der Waals surface area (Å²) in [5.74, 6) is 1.38. The van der Waals surface area contributed by atoms with Crippen molar-refractivity contribution >= 4 is 5.91 Å². The van der Waals surface area contributed by atoms with E-state index in [-0.39, 0.29) is 5.91 Å². The van der Waals surface area contributed by atoms with E-state index in [0.717, 1.165) is 17.7 Å². The van der Waals surface area contributed by atoms with Crippen LogP contribution in [0.3, 0.4) is 0 Å². The van der Waals surface area contributed by atoms with Crippen molar-refractivity contribution in [2.24, 2.45) is 5.92 Å². The van der Waals surface area contributed by atoms with Crippen LogP contribution in [0.15, 0.2) is 18.2 Å². The van der Waals surface area contributed by atoms with Gasteiger partial charge in [-0.2, -0.15) is 0 Å². The van der Waals surface area contributed by atoms with Crippen LogP contribution >= 0.6 is 0 Å². The average molecular weight is 277 g/mol. The molecule has 0 spiro atoms. The Labute approximate surface area is 122 Å². The molecular formula is C17H27NO2. The maximum absolute atomic E-state index is 12.1. The van der Waals surface area contributed by atoms with Gasteiger partial charge in [0.1, 0.15) is 5.75 Å². The lowest BCUT2D eigenvalue weighted by Crippen LogP contribution is -2.38. The summed E-state index contributed by atoms with van der Waals surface area (Å²) in [6.07, 6.45) is 1.25. The molecule has 1 aromatic carbocycles. The maximum atomic E-state index is 12.1. The standard InChI is InChI=1S/C17H27NO2/c1-6-15(17(19)18-11-10-12(2)3)20-16-9-7-8-13(4)14(16)5/h7-9,12,15H,6,10-11H2,1-5H3,(H,18,19)/t15-/m0/s1. The first-order valence-corrected chi connectivity index (χ1v) is 7.46.